The predicted octanol–water partition coefficient (Wildman–Crippen LogP) is 4.86. The number of non-ortho nitro benzene ring substituents is 1. The SMILES string of the molecule is N#C/C(=C\c1ccc(OCc2cccc(F)c2)cc1)C(=O)Nc1cccc([N+](=O)[O-])c1. The highest BCUT2D eigenvalue weighted by atomic mass is 19.1. The maximum Gasteiger partial charge on any atom is 0.271 e. The van der Waals surface area contributed by atoms with E-state index >= 15 is 0 Å². The summed E-state index contributed by atoms with van der Waals surface area (Å²) in [5, 5.41) is 22.6. The number of nitro groups is 1. The van der Waals surface area contributed by atoms with Gasteiger partial charge in [0.1, 0.15) is 29.8 Å². The Morgan fingerprint density at radius 3 is 2.55 bits per heavy atom. The highest BCUT2D eigenvalue weighted by Crippen LogP contribution is 2.19. The molecule has 0 atom stereocenters. The Bertz CT molecular complexity index is 1180. The first-order chi connectivity index (χ1) is 14.9. The van der Waals surface area contributed by atoms with Gasteiger partial charge >= 0.3 is 0 Å². The third-order valence-corrected chi connectivity index (χ3v) is 4.17. The van der Waals surface area contributed by atoms with E-state index in [1.165, 1.54) is 42.5 Å². The van der Waals surface area contributed by atoms with Crippen LogP contribution in [-0.4, -0.2) is 10.8 Å². The molecule has 3 rings (SSSR count). The van der Waals surface area contributed by atoms with E-state index in [4.69, 9.17) is 4.74 Å². The number of hydrogen-bond donors (Lipinski definition) is 1. The Balaban J connectivity index is 1.66. The molecule has 0 heterocycles. The van der Waals surface area contributed by atoms with E-state index in [-0.39, 0.29) is 29.4 Å². The molecule has 0 aliphatic rings. The third kappa shape index (κ3) is 5.98. The summed E-state index contributed by atoms with van der Waals surface area (Å²) < 4.78 is 18.8. The number of benzene rings is 3. The first kappa shape index (κ1) is 21.2. The maximum atomic E-state index is 13.2. The number of carbonyl (C=O) groups excluding carboxylic acids is 1. The second-order valence-electron chi connectivity index (χ2n) is 6.42. The molecule has 8 heteroatoms. The number of ether oxygens (including phenoxy) is 1. The zero-order chi connectivity index (χ0) is 22.2. The van der Waals surface area contributed by atoms with Crippen LogP contribution in [0.4, 0.5) is 15.8 Å². The average molecular weight is 417 g/mol. The molecule has 3 aromatic rings. The average Bonchev–Trinajstić information content (AvgIpc) is 2.77. The fourth-order valence-electron chi connectivity index (χ4n) is 2.66. The Labute approximate surface area is 177 Å². The van der Waals surface area contributed by atoms with Crippen molar-refractivity contribution in [1.82, 2.24) is 0 Å². The molecular formula is C23H16FN3O4. The van der Waals surface area contributed by atoms with Gasteiger partial charge in [0.05, 0.1) is 4.92 Å². The first-order valence-electron chi connectivity index (χ1n) is 9.09. The van der Waals surface area contributed by atoms with Crippen LogP contribution in [0.5, 0.6) is 5.75 Å². The van der Waals surface area contributed by atoms with Crippen LogP contribution in [-0.2, 0) is 11.4 Å². The van der Waals surface area contributed by atoms with E-state index in [0.717, 1.165) is 0 Å². The Morgan fingerprint density at radius 1 is 1.13 bits per heavy atom. The molecule has 0 aromatic heterocycles. The number of rotatable bonds is 7. The summed E-state index contributed by atoms with van der Waals surface area (Å²) in [5.74, 6) is -0.482. The number of nitrogens with zero attached hydrogens (tertiary/aromatic N) is 2. The van der Waals surface area contributed by atoms with Gasteiger partial charge in [-0.3, -0.25) is 14.9 Å². The Hall–Kier alpha value is -4.51. The molecule has 7 nitrogen and oxygen atoms in total. The van der Waals surface area contributed by atoms with Gasteiger partial charge in [-0.05, 0) is 47.5 Å². The molecule has 3 aromatic carbocycles. The molecule has 0 saturated heterocycles. The van der Waals surface area contributed by atoms with Crippen molar-refractivity contribution in [3.05, 3.63) is 105 Å². The highest BCUT2D eigenvalue weighted by Gasteiger charge is 2.12. The second-order valence-corrected chi connectivity index (χ2v) is 6.42. The molecule has 0 fully saturated rings. The summed E-state index contributed by atoms with van der Waals surface area (Å²) in [5.41, 5.74) is 1.15. The molecule has 31 heavy (non-hydrogen) atoms. The van der Waals surface area contributed by atoms with E-state index in [1.807, 2.05) is 6.07 Å². The topological polar surface area (TPSA) is 105 Å². The van der Waals surface area contributed by atoms with Crippen LogP contribution < -0.4 is 10.1 Å². The molecule has 0 radical (unpaired) electrons. The lowest BCUT2D eigenvalue weighted by molar-refractivity contribution is -0.384. The Morgan fingerprint density at radius 2 is 1.87 bits per heavy atom. The molecule has 0 saturated carbocycles. The maximum absolute atomic E-state index is 13.2. The second kappa shape index (κ2) is 9.80. The van der Waals surface area contributed by atoms with Crippen molar-refractivity contribution >= 4 is 23.4 Å². The molecule has 0 bridgehead atoms. The van der Waals surface area contributed by atoms with E-state index in [9.17, 15) is 24.6 Å². The number of hydrogen-bond acceptors (Lipinski definition) is 5. The summed E-state index contributed by atoms with van der Waals surface area (Å²) in [6, 6.07) is 20.0. The molecule has 0 unspecified atom stereocenters. The lowest BCUT2D eigenvalue weighted by Gasteiger charge is -2.07. The minimum absolute atomic E-state index is 0.167. The summed E-state index contributed by atoms with van der Waals surface area (Å²) in [6.07, 6.45) is 1.39. The molecule has 0 aliphatic heterocycles. The number of amides is 1. The van der Waals surface area contributed by atoms with Gasteiger partial charge < -0.3 is 10.1 Å². The smallest absolute Gasteiger partial charge is 0.271 e. The summed E-state index contributed by atoms with van der Waals surface area (Å²) in [6.45, 7) is 0.196. The van der Waals surface area contributed by atoms with Crippen LogP contribution >= 0.6 is 0 Å². The number of nitriles is 1. The van der Waals surface area contributed by atoms with Gasteiger partial charge in [-0.1, -0.05) is 30.3 Å². The van der Waals surface area contributed by atoms with Crippen LogP contribution in [0.2, 0.25) is 0 Å². The van der Waals surface area contributed by atoms with Crippen LogP contribution in [0.3, 0.4) is 0 Å². The summed E-state index contributed by atoms with van der Waals surface area (Å²) in [7, 11) is 0. The van der Waals surface area contributed by atoms with Crippen LogP contribution in [0.1, 0.15) is 11.1 Å². The lowest BCUT2D eigenvalue weighted by Crippen LogP contribution is -2.13. The first-order valence-corrected chi connectivity index (χ1v) is 9.09. The third-order valence-electron chi connectivity index (χ3n) is 4.17. The van der Waals surface area contributed by atoms with Crippen molar-refractivity contribution in [1.29, 1.82) is 5.26 Å². The molecule has 154 valence electrons. The highest BCUT2D eigenvalue weighted by molar-refractivity contribution is 6.09. The van der Waals surface area contributed by atoms with Gasteiger partial charge in [0.15, 0.2) is 0 Å². The quantitative estimate of drug-likeness (QED) is 0.256. The van der Waals surface area contributed by atoms with Crippen LogP contribution in [0.25, 0.3) is 6.08 Å². The molecule has 1 amide bonds. The number of anilines is 1. The van der Waals surface area contributed by atoms with Gasteiger partial charge in [-0.15, -0.1) is 0 Å². The largest absolute Gasteiger partial charge is 0.489 e. The standard InChI is InChI=1S/C23H16FN3O4/c24-19-4-1-3-17(12-19)15-31-22-9-7-16(8-10-22)11-18(14-25)23(28)26-20-5-2-6-21(13-20)27(29)30/h1-13H,15H2,(H,26,28)/b18-11+. The summed E-state index contributed by atoms with van der Waals surface area (Å²) >= 11 is 0. The fraction of sp³-hybridized carbons (Fsp3) is 0.0435. The zero-order valence-electron chi connectivity index (χ0n) is 16.1. The molecule has 1 N–H and O–H groups in total. The normalized spacial score (nSPS) is 10.8. The fourth-order valence-corrected chi connectivity index (χ4v) is 2.66. The van der Waals surface area contributed by atoms with Crippen molar-refractivity contribution in [2.75, 3.05) is 5.32 Å². The van der Waals surface area contributed by atoms with E-state index in [1.54, 1.807) is 36.4 Å². The molecular weight excluding hydrogens is 401 g/mol. The number of nitrogens with one attached hydrogen (secondary N) is 1. The van der Waals surface area contributed by atoms with E-state index in [0.29, 0.717) is 16.9 Å². The van der Waals surface area contributed by atoms with Crippen molar-refractivity contribution in [2.24, 2.45) is 0 Å². The van der Waals surface area contributed by atoms with Crippen molar-refractivity contribution in [3.63, 3.8) is 0 Å². The molecule has 0 aliphatic carbocycles. The van der Waals surface area contributed by atoms with Gasteiger partial charge in [-0.25, -0.2) is 4.39 Å². The van der Waals surface area contributed by atoms with Gasteiger partial charge in [-0.2, -0.15) is 5.26 Å². The van der Waals surface area contributed by atoms with Crippen molar-refractivity contribution < 1.29 is 18.8 Å². The number of carbonyl (C=O) groups is 1. The van der Waals surface area contributed by atoms with Crippen molar-refractivity contribution in [2.45, 2.75) is 6.61 Å². The van der Waals surface area contributed by atoms with Gasteiger partial charge in [0, 0.05) is 17.8 Å². The predicted molar refractivity (Wildman–Crippen MR) is 112 cm³/mol. The number of nitro benzene ring substituents is 1. The molecule has 0 spiro atoms. The number of halogens is 1. The monoisotopic (exact) mass is 417 g/mol. The minimum Gasteiger partial charge on any atom is -0.489 e. The summed E-state index contributed by atoms with van der Waals surface area (Å²) in [4.78, 5) is 22.6. The van der Waals surface area contributed by atoms with E-state index in [2.05, 4.69) is 5.32 Å². The lowest BCUT2D eigenvalue weighted by atomic mass is 10.1. The van der Waals surface area contributed by atoms with E-state index < -0.39 is 10.8 Å². The van der Waals surface area contributed by atoms with Crippen LogP contribution in [0.15, 0.2) is 78.4 Å². The zero-order valence-corrected chi connectivity index (χ0v) is 16.1. The van der Waals surface area contributed by atoms with Crippen LogP contribution in [0, 0.1) is 27.3 Å². The van der Waals surface area contributed by atoms with Gasteiger partial charge in [0.25, 0.3) is 11.6 Å². The van der Waals surface area contributed by atoms with Crippen molar-refractivity contribution in [3.8, 4) is 11.8 Å². The Kier molecular flexibility index (Phi) is 6.71. The van der Waals surface area contributed by atoms with Gasteiger partial charge in [0.2, 0.25) is 0 Å². The minimum atomic E-state index is -0.686.